The molecule has 138 valence electrons. The van der Waals surface area contributed by atoms with Gasteiger partial charge in [0.2, 0.25) is 6.79 Å². The van der Waals surface area contributed by atoms with Crippen LogP contribution >= 0.6 is 0 Å². The molecule has 0 bridgehead atoms. The van der Waals surface area contributed by atoms with Gasteiger partial charge in [-0.2, -0.15) is 0 Å². The fourth-order valence-electron chi connectivity index (χ4n) is 3.13. The van der Waals surface area contributed by atoms with E-state index >= 15 is 0 Å². The number of Topliss-reactive ketones (excluding diaryl/α,β-unsaturated/α-hetero) is 1. The minimum absolute atomic E-state index is 0.108. The molecule has 1 aliphatic rings. The molecule has 2 atom stereocenters. The lowest BCUT2D eigenvalue weighted by molar-refractivity contribution is 0.0892. The van der Waals surface area contributed by atoms with Crippen molar-refractivity contribution in [2.45, 2.75) is 20.3 Å². The van der Waals surface area contributed by atoms with Crippen LogP contribution in [0.2, 0.25) is 0 Å². The van der Waals surface area contributed by atoms with Crippen LogP contribution in [-0.4, -0.2) is 26.8 Å². The molecule has 5 heteroatoms. The van der Waals surface area contributed by atoms with Gasteiger partial charge in [-0.25, -0.2) is 0 Å². The third-order valence-corrected chi connectivity index (χ3v) is 4.93. The first-order chi connectivity index (χ1) is 12.5. The maximum absolute atomic E-state index is 12.9. The second kappa shape index (κ2) is 7.68. The van der Waals surface area contributed by atoms with Crippen LogP contribution in [0.5, 0.6) is 23.0 Å². The van der Waals surface area contributed by atoms with E-state index in [0.717, 1.165) is 12.0 Å². The van der Waals surface area contributed by atoms with Crippen molar-refractivity contribution >= 4 is 5.78 Å². The summed E-state index contributed by atoms with van der Waals surface area (Å²) in [6.45, 7) is 4.27. The molecular weight excluding hydrogens is 332 g/mol. The van der Waals surface area contributed by atoms with Crippen LogP contribution in [0.15, 0.2) is 36.4 Å². The van der Waals surface area contributed by atoms with Gasteiger partial charge in [-0.1, -0.05) is 19.9 Å². The molecule has 2 aromatic rings. The number of ether oxygens (including phenoxy) is 4. The average Bonchev–Trinajstić information content (AvgIpc) is 3.14. The van der Waals surface area contributed by atoms with E-state index < -0.39 is 0 Å². The SMILES string of the molecule is COc1ccc(C[C@H](C)[C@@H](C)C(=O)c2ccc3c(c2)OCO3)cc1OC. The van der Waals surface area contributed by atoms with E-state index in [2.05, 4.69) is 6.92 Å². The summed E-state index contributed by atoms with van der Waals surface area (Å²) in [5, 5.41) is 0. The molecule has 0 saturated carbocycles. The fourth-order valence-corrected chi connectivity index (χ4v) is 3.13. The van der Waals surface area contributed by atoms with E-state index in [0.29, 0.717) is 28.6 Å². The molecule has 0 fully saturated rings. The summed E-state index contributed by atoms with van der Waals surface area (Å²) in [7, 11) is 3.24. The zero-order chi connectivity index (χ0) is 18.7. The lowest BCUT2D eigenvalue weighted by Crippen LogP contribution is -2.21. The van der Waals surface area contributed by atoms with E-state index in [4.69, 9.17) is 18.9 Å². The van der Waals surface area contributed by atoms with Crippen molar-refractivity contribution in [3.8, 4) is 23.0 Å². The van der Waals surface area contributed by atoms with Crippen molar-refractivity contribution in [2.24, 2.45) is 11.8 Å². The summed E-state index contributed by atoms with van der Waals surface area (Å²) in [4.78, 5) is 12.9. The summed E-state index contributed by atoms with van der Waals surface area (Å²) >= 11 is 0. The number of rotatable bonds is 7. The smallest absolute Gasteiger partial charge is 0.231 e. The number of carbonyl (C=O) groups excluding carboxylic acids is 1. The number of methoxy groups -OCH3 is 2. The van der Waals surface area contributed by atoms with Crippen LogP contribution in [0.25, 0.3) is 0 Å². The zero-order valence-corrected chi connectivity index (χ0v) is 15.6. The lowest BCUT2D eigenvalue weighted by Gasteiger charge is -2.20. The van der Waals surface area contributed by atoms with Crippen molar-refractivity contribution in [1.29, 1.82) is 0 Å². The highest BCUT2D eigenvalue weighted by atomic mass is 16.7. The Morgan fingerprint density at radius 2 is 1.73 bits per heavy atom. The van der Waals surface area contributed by atoms with Crippen LogP contribution in [0.4, 0.5) is 0 Å². The first-order valence-corrected chi connectivity index (χ1v) is 8.68. The Morgan fingerprint density at radius 3 is 2.46 bits per heavy atom. The standard InChI is InChI=1S/C21H24O5/c1-13(9-15-5-7-17(23-3)19(10-15)24-4)14(2)21(22)16-6-8-18-20(11-16)26-12-25-18/h5-8,10-11,13-14H,9,12H2,1-4H3/t13-,14+/m0/s1. The summed E-state index contributed by atoms with van der Waals surface area (Å²) in [6.07, 6.45) is 0.776. The Morgan fingerprint density at radius 1 is 1.00 bits per heavy atom. The predicted molar refractivity (Wildman–Crippen MR) is 98.5 cm³/mol. The summed E-state index contributed by atoms with van der Waals surface area (Å²) in [6, 6.07) is 11.2. The highest BCUT2D eigenvalue weighted by Gasteiger charge is 2.24. The van der Waals surface area contributed by atoms with Gasteiger partial charge in [-0.3, -0.25) is 4.79 Å². The molecule has 0 saturated heterocycles. The molecule has 2 aromatic carbocycles. The van der Waals surface area contributed by atoms with E-state index in [9.17, 15) is 4.79 Å². The molecule has 0 amide bonds. The molecular formula is C21H24O5. The number of hydrogen-bond acceptors (Lipinski definition) is 5. The Bertz CT molecular complexity index is 799. The second-order valence-corrected chi connectivity index (χ2v) is 6.59. The van der Waals surface area contributed by atoms with Gasteiger partial charge in [0.1, 0.15) is 0 Å². The lowest BCUT2D eigenvalue weighted by atomic mass is 9.84. The topological polar surface area (TPSA) is 54.0 Å². The highest BCUT2D eigenvalue weighted by molar-refractivity contribution is 5.98. The Labute approximate surface area is 153 Å². The molecule has 1 heterocycles. The number of benzene rings is 2. The summed E-state index contributed by atoms with van der Waals surface area (Å²) in [5.41, 5.74) is 1.77. The quantitative estimate of drug-likeness (QED) is 0.698. The molecule has 0 radical (unpaired) electrons. The van der Waals surface area contributed by atoms with Crippen LogP contribution < -0.4 is 18.9 Å². The minimum Gasteiger partial charge on any atom is -0.493 e. The van der Waals surface area contributed by atoms with E-state index in [-0.39, 0.29) is 24.4 Å². The zero-order valence-electron chi connectivity index (χ0n) is 15.6. The fraction of sp³-hybridized carbons (Fsp3) is 0.381. The first-order valence-electron chi connectivity index (χ1n) is 8.68. The molecule has 0 spiro atoms. The van der Waals surface area contributed by atoms with Crippen molar-refractivity contribution in [1.82, 2.24) is 0 Å². The van der Waals surface area contributed by atoms with Crippen molar-refractivity contribution in [3.05, 3.63) is 47.5 Å². The number of carbonyl (C=O) groups is 1. The first kappa shape index (κ1) is 18.1. The number of hydrogen-bond donors (Lipinski definition) is 0. The molecule has 5 nitrogen and oxygen atoms in total. The second-order valence-electron chi connectivity index (χ2n) is 6.59. The molecule has 0 N–H and O–H groups in total. The summed E-state index contributed by atoms with van der Waals surface area (Å²) < 4.78 is 21.3. The van der Waals surface area contributed by atoms with Crippen LogP contribution in [-0.2, 0) is 6.42 Å². The van der Waals surface area contributed by atoms with Gasteiger partial charge in [0.25, 0.3) is 0 Å². The molecule has 1 aliphatic heterocycles. The van der Waals surface area contributed by atoms with Gasteiger partial charge in [0.15, 0.2) is 28.8 Å². The highest BCUT2D eigenvalue weighted by Crippen LogP contribution is 2.34. The monoisotopic (exact) mass is 356 g/mol. The van der Waals surface area contributed by atoms with Crippen molar-refractivity contribution in [3.63, 3.8) is 0 Å². The largest absolute Gasteiger partial charge is 0.493 e. The van der Waals surface area contributed by atoms with Crippen LogP contribution in [0, 0.1) is 11.8 Å². The maximum Gasteiger partial charge on any atom is 0.231 e. The van der Waals surface area contributed by atoms with Crippen LogP contribution in [0.3, 0.4) is 0 Å². The molecule has 3 rings (SSSR count). The van der Waals surface area contributed by atoms with Crippen molar-refractivity contribution in [2.75, 3.05) is 21.0 Å². The minimum atomic E-state index is -0.122. The summed E-state index contributed by atoms with van der Waals surface area (Å²) in [5.74, 6) is 2.88. The maximum atomic E-state index is 12.9. The Hall–Kier alpha value is -2.69. The van der Waals surface area contributed by atoms with Gasteiger partial charge < -0.3 is 18.9 Å². The van der Waals surface area contributed by atoms with Gasteiger partial charge >= 0.3 is 0 Å². The van der Waals surface area contributed by atoms with Gasteiger partial charge in [-0.05, 0) is 48.2 Å². The van der Waals surface area contributed by atoms with E-state index in [1.54, 1.807) is 32.4 Å². The van der Waals surface area contributed by atoms with Gasteiger partial charge in [-0.15, -0.1) is 0 Å². The number of ketones is 1. The Kier molecular flexibility index (Phi) is 5.35. The van der Waals surface area contributed by atoms with Gasteiger partial charge in [0, 0.05) is 11.5 Å². The number of fused-ring (bicyclic) bond motifs is 1. The van der Waals surface area contributed by atoms with E-state index in [1.165, 1.54) is 0 Å². The third kappa shape index (κ3) is 3.62. The predicted octanol–water partition coefficient (Wildman–Crippen LogP) is 4.13. The molecule has 0 aromatic heterocycles. The third-order valence-electron chi connectivity index (χ3n) is 4.93. The average molecular weight is 356 g/mol. The molecule has 0 unspecified atom stereocenters. The van der Waals surface area contributed by atoms with Crippen molar-refractivity contribution < 1.29 is 23.7 Å². The Balaban J connectivity index is 1.71. The van der Waals surface area contributed by atoms with Gasteiger partial charge in [0.05, 0.1) is 14.2 Å². The molecule has 0 aliphatic carbocycles. The van der Waals surface area contributed by atoms with E-state index in [1.807, 2.05) is 25.1 Å². The normalized spacial score (nSPS) is 14.6. The van der Waals surface area contributed by atoms with Crippen LogP contribution in [0.1, 0.15) is 29.8 Å². The molecule has 26 heavy (non-hydrogen) atoms.